The first-order valence-corrected chi connectivity index (χ1v) is 10.8. The highest BCUT2D eigenvalue weighted by Gasteiger charge is 2.18. The molecule has 0 aliphatic rings. The van der Waals surface area contributed by atoms with Crippen molar-refractivity contribution in [2.45, 2.75) is 20.4 Å². The van der Waals surface area contributed by atoms with Crippen LogP contribution in [0.4, 0.5) is 5.82 Å². The van der Waals surface area contributed by atoms with Crippen molar-refractivity contribution >= 4 is 23.3 Å². The number of aromatic nitrogens is 2. The van der Waals surface area contributed by atoms with Crippen LogP contribution in [0.3, 0.4) is 0 Å². The first-order chi connectivity index (χ1) is 15.9. The molecule has 2 N–H and O–H groups in total. The SMILES string of the molecule is COCCN(Cc1ccc(OC)cc1)c1c(C)nc2ccc(C(=O)NCCNC(C)=O)cn12. The van der Waals surface area contributed by atoms with Crippen molar-refractivity contribution in [2.24, 2.45) is 0 Å². The van der Waals surface area contributed by atoms with Crippen LogP contribution < -0.4 is 20.3 Å². The van der Waals surface area contributed by atoms with Gasteiger partial charge in [0.15, 0.2) is 0 Å². The van der Waals surface area contributed by atoms with Gasteiger partial charge in [-0.2, -0.15) is 0 Å². The molecular weight excluding hydrogens is 422 g/mol. The van der Waals surface area contributed by atoms with Crippen LogP contribution >= 0.6 is 0 Å². The largest absolute Gasteiger partial charge is 0.497 e. The molecule has 2 amide bonds. The number of rotatable bonds is 11. The summed E-state index contributed by atoms with van der Waals surface area (Å²) in [4.78, 5) is 30.5. The van der Waals surface area contributed by atoms with Crippen LogP contribution in [-0.2, 0) is 16.1 Å². The van der Waals surface area contributed by atoms with Gasteiger partial charge in [0.2, 0.25) is 5.91 Å². The van der Waals surface area contributed by atoms with Gasteiger partial charge in [-0.3, -0.25) is 14.0 Å². The van der Waals surface area contributed by atoms with E-state index in [1.807, 2.05) is 41.7 Å². The second-order valence-electron chi connectivity index (χ2n) is 7.67. The average Bonchev–Trinajstić information content (AvgIpc) is 3.14. The summed E-state index contributed by atoms with van der Waals surface area (Å²) in [7, 11) is 3.32. The predicted octanol–water partition coefficient (Wildman–Crippen LogP) is 2.17. The second kappa shape index (κ2) is 11.3. The summed E-state index contributed by atoms with van der Waals surface area (Å²) in [6, 6.07) is 11.5. The van der Waals surface area contributed by atoms with Crippen molar-refractivity contribution in [3.63, 3.8) is 0 Å². The van der Waals surface area contributed by atoms with E-state index in [2.05, 4.69) is 20.5 Å². The zero-order chi connectivity index (χ0) is 23.8. The molecule has 2 aromatic heterocycles. The van der Waals surface area contributed by atoms with Crippen LogP contribution in [0, 0.1) is 6.92 Å². The lowest BCUT2D eigenvalue weighted by molar-refractivity contribution is -0.118. The smallest absolute Gasteiger partial charge is 0.252 e. The summed E-state index contributed by atoms with van der Waals surface area (Å²) < 4.78 is 12.6. The van der Waals surface area contributed by atoms with Crippen LogP contribution in [0.15, 0.2) is 42.6 Å². The van der Waals surface area contributed by atoms with Gasteiger partial charge in [0.05, 0.1) is 25.0 Å². The Hall–Kier alpha value is -3.59. The zero-order valence-corrected chi connectivity index (χ0v) is 19.6. The van der Waals surface area contributed by atoms with Gasteiger partial charge in [0, 0.05) is 46.4 Å². The number of aryl methyl sites for hydroxylation is 1. The number of fused-ring (bicyclic) bond motifs is 1. The molecule has 1 aromatic carbocycles. The molecule has 0 aliphatic heterocycles. The number of pyridine rings is 1. The lowest BCUT2D eigenvalue weighted by Gasteiger charge is -2.25. The lowest BCUT2D eigenvalue weighted by atomic mass is 10.2. The van der Waals surface area contributed by atoms with Crippen molar-refractivity contribution in [2.75, 3.05) is 45.4 Å². The normalized spacial score (nSPS) is 10.8. The fourth-order valence-electron chi connectivity index (χ4n) is 3.59. The maximum Gasteiger partial charge on any atom is 0.252 e. The standard InChI is InChI=1S/C24H31N5O4/c1-17-24(28(13-14-32-3)15-19-5-8-21(33-4)9-6-19)29-16-20(7-10-22(29)27-17)23(31)26-12-11-25-18(2)30/h5-10,16H,11-15H2,1-4H3,(H,25,30)(H,26,31). The minimum absolute atomic E-state index is 0.128. The zero-order valence-electron chi connectivity index (χ0n) is 19.6. The van der Waals surface area contributed by atoms with E-state index in [1.165, 1.54) is 6.92 Å². The molecule has 9 heteroatoms. The maximum absolute atomic E-state index is 12.6. The number of methoxy groups -OCH3 is 2. The molecular formula is C24H31N5O4. The molecule has 0 unspecified atom stereocenters. The summed E-state index contributed by atoms with van der Waals surface area (Å²) in [5.41, 5.74) is 3.26. The topological polar surface area (TPSA) is 97.2 Å². The molecule has 9 nitrogen and oxygen atoms in total. The van der Waals surface area contributed by atoms with Crippen molar-refractivity contribution < 1.29 is 19.1 Å². The van der Waals surface area contributed by atoms with Gasteiger partial charge in [-0.15, -0.1) is 0 Å². The van der Waals surface area contributed by atoms with Crippen LogP contribution in [0.5, 0.6) is 5.75 Å². The highest BCUT2D eigenvalue weighted by Crippen LogP contribution is 2.25. The van der Waals surface area contributed by atoms with Crippen molar-refractivity contribution in [3.05, 3.63) is 59.4 Å². The van der Waals surface area contributed by atoms with E-state index < -0.39 is 0 Å². The number of nitrogens with zero attached hydrogens (tertiary/aromatic N) is 3. The molecule has 0 fully saturated rings. The van der Waals surface area contributed by atoms with Gasteiger partial charge < -0.3 is 25.0 Å². The van der Waals surface area contributed by atoms with Gasteiger partial charge in [0.1, 0.15) is 17.2 Å². The second-order valence-corrected chi connectivity index (χ2v) is 7.67. The van der Waals surface area contributed by atoms with E-state index in [4.69, 9.17) is 9.47 Å². The van der Waals surface area contributed by atoms with Gasteiger partial charge >= 0.3 is 0 Å². The number of carbonyl (C=O) groups is 2. The quantitative estimate of drug-likeness (QED) is 0.432. The van der Waals surface area contributed by atoms with E-state index in [-0.39, 0.29) is 11.8 Å². The van der Waals surface area contributed by atoms with Crippen molar-refractivity contribution in [3.8, 4) is 5.75 Å². The third kappa shape index (κ3) is 6.23. The Morgan fingerprint density at radius 1 is 1.06 bits per heavy atom. The van der Waals surface area contributed by atoms with Gasteiger partial charge in [-0.05, 0) is 36.8 Å². The first-order valence-electron chi connectivity index (χ1n) is 10.8. The monoisotopic (exact) mass is 453 g/mol. The Balaban J connectivity index is 1.87. The predicted molar refractivity (Wildman–Crippen MR) is 127 cm³/mol. The molecule has 2 heterocycles. The molecule has 33 heavy (non-hydrogen) atoms. The summed E-state index contributed by atoms with van der Waals surface area (Å²) in [6.45, 7) is 5.99. The Kier molecular flexibility index (Phi) is 8.26. The van der Waals surface area contributed by atoms with Gasteiger partial charge in [-0.1, -0.05) is 12.1 Å². The molecule has 0 saturated heterocycles. The molecule has 0 aliphatic carbocycles. The Labute approximate surface area is 193 Å². The van der Waals surface area contributed by atoms with E-state index in [0.29, 0.717) is 38.3 Å². The van der Waals surface area contributed by atoms with E-state index in [0.717, 1.165) is 28.5 Å². The fraction of sp³-hybridized carbons (Fsp3) is 0.375. The lowest BCUT2D eigenvalue weighted by Crippen LogP contribution is -2.33. The van der Waals surface area contributed by atoms with Crippen molar-refractivity contribution in [1.29, 1.82) is 0 Å². The third-order valence-corrected chi connectivity index (χ3v) is 5.21. The van der Waals surface area contributed by atoms with E-state index in [9.17, 15) is 9.59 Å². The number of anilines is 1. The molecule has 0 bridgehead atoms. The summed E-state index contributed by atoms with van der Waals surface area (Å²) >= 11 is 0. The number of ether oxygens (including phenoxy) is 2. The molecule has 3 aromatic rings. The van der Waals surface area contributed by atoms with Crippen molar-refractivity contribution in [1.82, 2.24) is 20.0 Å². The van der Waals surface area contributed by atoms with Crippen LogP contribution in [0.2, 0.25) is 0 Å². The number of nitrogens with one attached hydrogen (secondary N) is 2. The van der Waals surface area contributed by atoms with E-state index in [1.54, 1.807) is 26.5 Å². The highest BCUT2D eigenvalue weighted by molar-refractivity contribution is 5.94. The van der Waals surface area contributed by atoms with E-state index >= 15 is 0 Å². The highest BCUT2D eigenvalue weighted by atomic mass is 16.5. The number of benzene rings is 1. The Morgan fingerprint density at radius 2 is 1.79 bits per heavy atom. The molecule has 176 valence electrons. The number of amides is 2. The minimum Gasteiger partial charge on any atom is -0.497 e. The molecule has 0 radical (unpaired) electrons. The number of imidazole rings is 1. The van der Waals surface area contributed by atoms with Crippen LogP contribution in [-0.4, -0.2) is 61.7 Å². The summed E-state index contributed by atoms with van der Waals surface area (Å²) in [5.74, 6) is 1.38. The Morgan fingerprint density at radius 3 is 2.45 bits per heavy atom. The molecule has 0 atom stereocenters. The maximum atomic E-state index is 12.6. The van der Waals surface area contributed by atoms with Gasteiger partial charge in [-0.25, -0.2) is 4.98 Å². The van der Waals surface area contributed by atoms with Crippen LogP contribution in [0.1, 0.15) is 28.5 Å². The number of hydrogen-bond donors (Lipinski definition) is 2. The molecule has 0 saturated carbocycles. The molecule has 0 spiro atoms. The van der Waals surface area contributed by atoms with Gasteiger partial charge in [0.25, 0.3) is 5.91 Å². The number of hydrogen-bond acceptors (Lipinski definition) is 6. The minimum atomic E-state index is -0.210. The summed E-state index contributed by atoms with van der Waals surface area (Å²) in [5, 5.41) is 5.49. The molecule has 3 rings (SSSR count). The number of carbonyl (C=O) groups excluding carboxylic acids is 2. The average molecular weight is 454 g/mol. The third-order valence-electron chi connectivity index (χ3n) is 5.21. The van der Waals surface area contributed by atoms with Crippen LogP contribution in [0.25, 0.3) is 5.65 Å². The first kappa shape index (κ1) is 24.1. The Bertz CT molecular complexity index is 1090. The summed E-state index contributed by atoms with van der Waals surface area (Å²) in [6.07, 6.45) is 1.80. The fourth-order valence-corrected chi connectivity index (χ4v) is 3.59.